The van der Waals surface area contributed by atoms with Gasteiger partial charge in [0.25, 0.3) is 5.24 Å². The maximum absolute atomic E-state index is 11.3. The molecule has 4 nitrogen and oxygen atoms in total. The van der Waals surface area contributed by atoms with Gasteiger partial charge in [-0.25, -0.2) is 9.67 Å². The van der Waals surface area contributed by atoms with E-state index < -0.39 is 5.24 Å². The van der Waals surface area contributed by atoms with Crippen LogP contribution in [0.3, 0.4) is 0 Å². The van der Waals surface area contributed by atoms with Gasteiger partial charge in [0.15, 0.2) is 5.65 Å². The van der Waals surface area contributed by atoms with Gasteiger partial charge in [-0.05, 0) is 37.6 Å². The van der Waals surface area contributed by atoms with E-state index in [2.05, 4.69) is 10.1 Å². The fraction of sp³-hybridized carbons (Fsp3) is 0.133. The lowest BCUT2D eigenvalue weighted by Crippen LogP contribution is -1.99. The summed E-state index contributed by atoms with van der Waals surface area (Å²) in [6.45, 7) is 3.84. The average molecular weight is 320 g/mol. The zero-order valence-corrected chi connectivity index (χ0v) is 12.9. The van der Waals surface area contributed by atoms with Crippen molar-refractivity contribution in [2.45, 2.75) is 13.8 Å². The summed E-state index contributed by atoms with van der Waals surface area (Å²) in [6.07, 6.45) is 1.38. The van der Waals surface area contributed by atoms with E-state index >= 15 is 0 Å². The monoisotopic (exact) mass is 319 g/mol. The van der Waals surface area contributed by atoms with Gasteiger partial charge in [-0.1, -0.05) is 29.3 Å². The Labute approximate surface area is 131 Å². The number of fused-ring (bicyclic) bond motifs is 1. The lowest BCUT2D eigenvalue weighted by atomic mass is 10.2. The van der Waals surface area contributed by atoms with Crippen molar-refractivity contribution < 1.29 is 4.79 Å². The molecule has 0 atom stereocenters. The number of aryl methyl sites for hydroxylation is 2. The van der Waals surface area contributed by atoms with E-state index in [1.165, 1.54) is 6.20 Å². The van der Waals surface area contributed by atoms with Crippen LogP contribution in [-0.2, 0) is 0 Å². The average Bonchev–Trinajstić information content (AvgIpc) is 2.78. The quantitative estimate of drug-likeness (QED) is 0.669. The zero-order valence-electron chi connectivity index (χ0n) is 11.4. The predicted molar refractivity (Wildman–Crippen MR) is 83.5 cm³/mol. The second kappa shape index (κ2) is 5.13. The molecule has 0 N–H and O–H groups in total. The molecule has 0 unspecified atom stereocenters. The van der Waals surface area contributed by atoms with Crippen molar-refractivity contribution in [1.29, 1.82) is 0 Å². The smallest absolute Gasteiger partial charge is 0.255 e. The second-order valence-electron chi connectivity index (χ2n) is 4.79. The fourth-order valence-corrected chi connectivity index (χ4v) is 2.76. The minimum absolute atomic E-state index is 0.192. The van der Waals surface area contributed by atoms with Crippen molar-refractivity contribution in [3.63, 3.8) is 0 Å². The fourth-order valence-electron chi connectivity index (χ4n) is 2.21. The Kier molecular flexibility index (Phi) is 3.43. The summed E-state index contributed by atoms with van der Waals surface area (Å²) >= 11 is 11.8. The molecule has 1 aromatic carbocycles. The van der Waals surface area contributed by atoms with Crippen LogP contribution in [-0.4, -0.2) is 20.0 Å². The zero-order chi connectivity index (χ0) is 15.1. The molecule has 106 valence electrons. The lowest BCUT2D eigenvalue weighted by molar-refractivity contribution is 0.108. The number of carbonyl (C=O) groups excluding carboxylic acids is 1. The lowest BCUT2D eigenvalue weighted by Gasteiger charge is -2.04. The Morgan fingerprint density at radius 2 is 1.86 bits per heavy atom. The summed E-state index contributed by atoms with van der Waals surface area (Å²) in [4.78, 5) is 15.6. The van der Waals surface area contributed by atoms with Crippen LogP contribution in [0.2, 0.25) is 5.02 Å². The van der Waals surface area contributed by atoms with Crippen LogP contribution in [0.1, 0.15) is 21.6 Å². The van der Waals surface area contributed by atoms with Gasteiger partial charge in [0.05, 0.1) is 27.4 Å². The van der Waals surface area contributed by atoms with E-state index in [-0.39, 0.29) is 10.6 Å². The largest absolute Gasteiger partial charge is 0.275 e. The van der Waals surface area contributed by atoms with Gasteiger partial charge in [-0.2, -0.15) is 5.10 Å². The minimum Gasteiger partial charge on any atom is -0.275 e. The summed E-state index contributed by atoms with van der Waals surface area (Å²) in [5.74, 6) is 0. The van der Waals surface area contributed by atoms with Crippen molar-refractivity contribution in [2.24, 2.45) is 0 Å². The normalized spacial score (nSPS) is 11.0. The van der Waals surface area contributed by atoms with Gasteiger partial charge in [0.2, 0.25) is 0 Å². The van der Waals surface area contributed by atoms with E-state index in [9.17, 15) is 4.79 Å². The third-order valence-electron chi connectivity index (χ3n) is 3.30. The van der Waals surface area contributed by atoms with Crippen molar-refractivity contribution >= 4 is 39.5 Å². The Morgan fingerprint density at radius 1 is 1.19 bits per heavy atom. The van der Waals surface area contributed by atoms with Gasteiger partial charge >= 0.3 is 0 Å². The maximum Gasteiger partial charge on any atom is 0.255 e. The number of nitrogens with zero attached hydrogens (tertiary/aromatic N) is 3. The molecule has 2 aromatic heterocycles. The number of aromatic nitrogens is 3. The van der Waals surface area contributed by atoms with Gasteiger partial charge in [0.1, 0.15) is 0 Å². The molecule has 21 heavy (non-hydrogen) atoms. The minimum atomic E-state index is -0.628. The molecule has 0 aliphatic carbocycles. The second-order valence-corrected chi connectivity index (χ2v) is 5.51. The van der Waals surface area contributed by atoms with E-state index in [1.807, 2.05) is 38.1 Å². The molecule has 2 heterocycles. The Bertz CT molecular complexity index is 853. The van der Waals surface area contributed by atoms with E-state index in [4.69, 9.17) is 23.2 Å². The summed E-state index contributed by atoms with van der Waals surface area (Å²) in [5, 5.41) is 4.77. The third kappa shape index (κ3) is 2.30. The SMILES string of the molecule is Cc1ccc(-n2nc(C)c3c(Cl)c(C(=O)Cl)cnc32)cc1. The molecule has 6 heteroatoms. The van der Waals surface area contributed by atoms with Gasteiger partial charge < -0.3 is 0 Å². The highest BCUT2D eigenvalue weighted by Crippen LogP contribution is 2.30. The van der Waals surface area contributed by atoms with Gasteiger partial charge in [-0.3, -0.25) is 4.79 Å². The first kappa shape index (κ1) is 14.0. The molecular weight excluding hydrogens is 309 g/mol. The highest BCUT2D eigenvalue weighted by molar-refractivity contribution is 6.69. The van der Waals surface area contributed by atoms with Crippen LogP contribution in [0.15, 0.2) is 30.5 Å². The summed E-state index contributed by atoms with van der Waals surface area (Å²) in [6, 6.07) is 7.90. The van der Waals surface area contributed by atoms with Crippen LogP contribution in [0, 0.1) is 13.8 Å². The molecule has 0 aliphatic heterocycles. The molecule has 0 bridgehead atoms. The van der Waals surface area contributed by atoms with E-state index in [1.54, 1.807) is 4.68 Å². The number of hydrogen-bond donors (Lipinski definition) is 0. The number of rotatable bonds is 2. The first-order chi connectivity index (χ1) is 9.99. The Balaban J connectivity index is 2.30. The number of pyridine rings is 1. The van der Waals surface area contributed by atoms with Crippen LogP contribution in [0.25, 0.3) is 16.7 Å². The van der Waals surface area contributed by atoms with E-state index in [0.717, 1.165) is 11.3 Å². The molecular formula is C15H11Cl2N3O. The van der Waals surface area contributed by atoms with E-state index in [0.29, 0.717) is 16.7 Å². The van der Waals surface area contributed by atoms with Gasteiger partial charge in [-0.15, -0.1) is 0 Å². The maximum atomic E-state index is 11.3. The van der Waals surface area contributed by atoms with Gasteiger partial charge in [0, 0.05) is 6.20 Å². The van der Waals surface area contributed by atoms with Crippen LogP contribution < -0.4 is 0 Å². The first-order valence-electron chi connectivity index (χ1n) is 6.29. The third-order valence-corrected chi connectivity index (χ3v) is 3.89. The van der Waals surface area contributed by atoms with Crippen molar-refractivity contribution in [1.82, 2.24) is 14.8 Å². The summed E-state index contributed by atoms with van der Waals surface area (Å²) in [7, 11) is 0. The molecule has 3 rings (SSSR count). The Morgan fingerprint density at radius 3 is 2.48 bits per heavy atom. The molecule has 0 amide bonds. The molecule has 0 spiro atoms. The van der Waals surface area contributed by atoms with Crippen LogP contribution >= 0.6 is 23.2 Å². The molecule has 0 saturated carbocycles. The topological polar surface area (TPSA) is 47.8 Å². The predicted octanol–water partition coefficient (Wildman–Crippen LogP) is 4.07. The highest BCUT2D eigenvalue weighted by Gasteiger charge is 2.18. The highest BCUT2D eigenvalue weighted by atomic mass is 35.5. The van der Waals surface area contributed by atoms with Crippen molar-refractivity contribution in [3.8, 4) is 5.69 Å². The number of carbonyl (C=O) groups is 1. The molecule has 0 radical (unpaired) electrons. The van der Waals surface area contributed by atoms with Crippen molar-refractivity contribution in [2.75, 3.05) is 0 Å². The Hall–Kier alpha value is -1.91. The summed E-state index contributed by atoms with van der Waals surface area (Å²) in [5.41, 5.74) is 3.53. The molecule has 0 saturated heterocycles. The standard InChI is InChI=1S/C15H11Cl2N3O/c1-8-3-5-10(6-4-8)20-15-12(9(2)19-20)13(16)11(7-18-15)14(17)21/h3-7H,1-2H3. The number of halogens is 2. The van der Waals surface area contributed by atoms with Crippen LogP contribution in [0.4, 0.5) is 0 Å². The summed E-state index contributed by atoms with van der Waals surface area (Å²) < 4.78 is 1.71. The van der Waals surface area contributed by atoms with Crippen molar-refractivity contribution in [3.05, 3.63) is 52.3 Å². The molecule has 0 aliphatic rings. The molecule has 3 aromatic rings. The first-order valence-corrected chi connectivity index (χ1v) is 7.05. The number of hydrogen-bond acceptors (Lipinski definition) is 3. The number of benzene rings is 1. The van der Waals surface area contributed by atoms with Crippen LogP contribution in [0.5, 0.6) is 0 Å². The molecule has 0 fully saturated rings.